The van der Waals surface area contributed by atoms with E-state index in [1.807, 2.05) is 62.6 Å². The molecule has 2 aliphatic heterocycles. The molecule has 2 aromatic heterocycles. The van der Waals surface area contributed by atoms with Crippen LogP contribution in [0.1, 0.15) is 56.4 Å². The first-order valence-electron chi connectivity index (χ1n) is 12.1. The average molecular weight is 525 g/mol. The van der Waals surface area contributed by atoms with E-state index < -0.39 is 30.4 Å². The number of nitrogens with zero attached hydrogens (tertiary/aromatic N) is 2. The van der Waals surface area contributed by atoms with E-state index in [2.05, 4.69) is 13.8 Å². The van der Waals surface area contributed by atoms with Gasteiger partial charge < -0.3 is 14.0 Å². The fourth-order valence-corrected chi connectivity index (χ4v) is 6.14. The number of rotatable bonds is 3. The van der Waals surface area contributed by atoms with Crippen molar-refractivity contribution in [2.24, 2.45) is 0 Å². The Morgan fingerprint density at radius 1 is 1.11 bits per heavy atom. The van der Waals surface area contributed by atoms with Crippen molar-refractivity contribution in [3.63, 3.8) is 0 Å². The fraction of sp³-hybridized carbons (Fsp3) is 0.370. The SMILES string of the molecule is CCc1nc(C2Oc3cc(B4OC(C)(C)C(C)(C)O4)cc(F)c3-c3cc4cc(Cl)ccc4n32)sc1C. The molecule has 0 bridgehead atoms. The van der Waals surface area contributed by atoms with Crippen molar-refractivity contribution >= 4 is 46.4 Å². The zero-order chi connectivity index (χ0) is 25.6. The molecule has 1 saturated heterocycles. The van der Waals surface area contributed by atoms with Crippen molar-refractivity contribution in [2.45, 2.75) is 65.4 Å². The van der Waals surface area contributed by atoms with Gasteiger partial charge in [0.2, 0.25) is 6.23 Å². The number of hydrogen-bond acceptors (Lipinski definition) is 5. The summed E-state index contributed by atoms with van der Waals surface area (Å²) in [5, 5.41) is 2.36. The van der Waals surface area contributed by atoms with Crippen LogP contribution in [0.15, 0.2) is 36.4 Å². The van der Waals surface area contributed by atoms with E-state index in [0.717, 1.165) is 38.6 Å². The molecule has 1 fully saturated rings. The lowest BCUT2D eigenvalue weighted by atomic mass is 9.78. The first-order valence-corrected chi connectivity index (χ1v) is 13.3. The molecule has 6 rings (SSSR count). The van der Waals surface area contributed by atoms with E-state index in [1.165, 1.54) is 6.07 Å². The molecule has 2 aromatic carbocycles. The third kappa shape index (κ3) is 3.53. The summed E-state index contributed by atoms with van der Waals surface area (Å²) >= 11 is 7.90. The van der Waals surface area contributed by atoms with Crippen LogP contribution in [-0.2, 0) is 15.7 Å². The molecule has 4 aromatic rings. The van der Waals surface area contributed by atoms with Crippen LogP contribution in [0, 0.1) is 12.7 Å². The van der Waals surface area contributed by atoms with Gasteiger partial charge in [-0.15, -0.1) is 11.3 Å². The van der Waals surface area contributed by atoms with Crippen molar-refractivity contribution in [3.8, 4) is 17.0 Å². The standard InChI is InChI=1S/C27H27BClFN2O3S/c1-7-19-14(2)36-24(31-19)25-32-20-9-8-17(29)10-15(20)11-21(32)23-18(30)12-16(13-22(23)33-25)28-34-26(3,4)27(5,6)35-28/h8-13,25H,7H2,1-6H3. The minimum atomic E-state index is -0.697. The van der Waals surface area contributed by atoms with E-state index in [4.69, 9.17) is 30.6 Å². The Morgan fingerprint density at radius 3 is 2.50 bits per heavy atom. The van der Waals surface area contributed by atoms with Gasteiger partial charge in [-0.3, -0.25) is 4.57 Å². The van der Waals surface area contributed by atoms with Crippen molar-refractivity contribution in [2.75, 3.05) is 0 Å². The summed E-state index contributed by atoms with van der Waals surface area (Å²) in [4.78, 5) is 6.04. The van der Waals surface area contributed by atoms with Gasteiger partial charge in [-0.25, -0.2) is 9.37 Å². The molecule has 0 aliphatic carbocycles. The van der Waals surface area contributed by atoms with Crippen LogP contribution >= 0.6 is 22.9 Å². The summed E-state index contributed by atoms with van der Waals surface area (Å²) in [5.74, 6) is 0.0485. The van der Waals surface area contributed by atoms with E-state index in [-0.39, 0.29) is 0 Å². The molecule has 1 atom stereocenters. The highest BCUT2D eigenvalue weighted by atomic mass is 35.5. The summed E-state index contributed by atoms with van der Waals surface area (Å²) in [6, 6.07) is 11.0. The molecule has 0 radical (unpaired) electrons. The Hall–Kier alpha value is -2.39. The molecule has 1 unspecified atom stereocenters. The van der Waals surface area contributed by atoms with E-state index >= 15 is 4.39 Å². The number of benzene rings is 2. The number of aromatic nitrogens is 2. The maximum atomic E-state index is 15.9. The highest BCUT2D eigenvalue weighted by Gasteiger charge is 2.52. The third-order valence-corrected chi connectivity index (χ3v) is 8.87. The second kappa shape index (κ2) is 8.06. The molecular weight excluding hydrogens is 498 g/mol. The zero-order valence-corrected chi connectivity index (χ0v) is 22.7. The normalized spacial score (nSPS) is 19.9. The van der Waals surface area contributed by atoms with Crippen LogP contribution < -0.4 is 10.2 Å². The van der Waals surface area contributed by atoms with Crippen LogP contribution in [0.2, 0.25) is 5.02 Å². The number of thiazole rings is 1. The van der Waals surface area contributed by atoms with Crippen molar-refractivity contribution in [1.82, 2.24) is 9.55 Å². The first-order chi connectivity index (χ1) is 17.0. The van der Waals surface area contributed by atoms with Crippen molar-refractivity contribution in [3.05, 3.63) is 62.8 Å². The Morgan fingerprint density at radius 2 is 1.83 bits per heavy atom. The van der Waals surface area contributed by atoms with E-state index in [0.29, 0.717) is 21.8 Å². The number of hydrogen-bond donors (Lipinski definition) is 0. The third-order valence-electron chi connectivity index (χ3n) is 7.59. The van der Waals surface area contributed by atoms with Gasteiger partial charge in [0.1, 0.15) is 11.6 Å². The van der Waals surface area contributed by atoms with Gasteiger partial charge in [0.25, 0.3) is 0 Å². The molecule has 0 spiro atoms. The summed E-state index contributed by atoms with van der Waals surface area (Å²) in [6.45, 7) is 12.1. The smallest absolute Gasteiger partial charge is 0.463 e. The summed E-state index contributed by atoms with van der Waals surface area (Å²) in [6.07, 6.45) is 0.296. The molecule has 5 nitrogen and oxygen atoms in total. The highest BCUT2D eigenvalue weighted by Crippen LogP contribution is 2.46. The zero-order valence-electron chi connectivity index (χ0n) is 21.1. The second-order valence-electron chi connectivity index (χ2n) is 10.4. The van der Waals surface area contributed by atoms with Gasteiger partial charge in [0.05, 0.1) is 33.7 Å². The molecule has 186 valence electrons. The topological polar surface area (TPSA) is 45.5 Å². The molecule has 4 heterocycles. The maximum Gasteiger partial charge on any atom is 0.495 e. The number of halogens is 2. The molecule has 9 heteroatoms. The van der Waals surface area contributed by atoms with E-state index in [1.54, 1.807) is 11.3 Å². The Labute approximate surface area is 219 Å². The minimum absolute atomic E-state index is 0.393. The largest absolute Gasteiger partial charge is 0.495 e. The Balaban J connectivity index is 1.54. The first kappa shape index (κ1) is 24.0. The summed E-state index contributed by atoms with van der Waals surface area (Å²) in [5.41, 5.74) is 2.60. The monoisotopic (exact) mass is 524 g/mol. The van der Waals surface area contributed by atoms with Crippen LogP contribution in [0.25, 0.3) is 22.2 Å². The second-order valence-corrected chi connectivity index (χ2v) is 12.1. The quantitative estimate of drug-likeness (QED) is 0.281. The van der Waals surface area contributed by atoms with Crippen LogP contribution in [-0.4, -0.2) is 27.9 Å². The predicted octanol–water partition coefficient (Wildman–Crippen LogP) is 6.67. The molecule has 2 aliphatic rings. The summed E-state index contributed by atoms with van der Waals surface area (Å²) < 4.78 is 36.8. The van der Waals surface area contributed by atoms with Gasteiger partial charge in [0, 0.05) is 15.3 Å². The van der Waals surface area contributed by atoms with Gasteiger partial charge in [0.15, 0.2) is 5.01 Å². The van der Waals surface area contributed by atoms with Gasteiger partial charge in [-0.05, 0) is 82.9 Å². The molecule has 36 heavy (non-hydrogen) atoms. The number of ether oxygens (including phenoxy) is 1. The van der Waals surface area contributed by atoms with Gasteiger partial charge >= 0.3 is 7.12 Å². The van der Waals surface area contributed by atoms with Gasteiger partial charge in [-0.1, -0.05) is 18.5 Å². The molecular formula is C27H27BClFN2O3S. The lowest BCUT2D eigenvalue weighted by Gasteiger charge is -2.32. The van der Waals surface area contributed by atoms with Crippen LogP contribution in [0.5, 0.6) is 5.75 Å². The summed E-state index contributed by atoms with van der Waals surface area (Å²) in [7, 11) is -0.697. The Kier molecular flexibility index (Phi) is 5.37. The fourth-order valence-electron chi connectivity index (χ4n) is 4.93. The number of fused-ring (bicyclic) bond motifs is 5. The number of aryl methyl sites for hydroxylation is 2. The molecule has 0 amide bonds. The average Bonchev–Trinajstić information content (AvgIpc) is 3.43. The van der Waals surface area contributed by atoms with E-state index in [9.17, 15) is 0 Å². The Bertz CT molecular complexity index is 1510. The molecule has 0 N–H and O–H groups in total. The highest BCUT2D eigenvalue weighted by molar-refractivity contribution is 7.11. The minimum Gasteiger partial charge on any atom is -0.463 e. The van der Waals surface area contributed by atoms with Gasteiger partial charge in [-0.2, -0.15) is 0 Å². The maximum absolute atomic E-state index is 15.9. The van der Waals surface area contributed by atoms with Crippen LogP contribution in [0.4, 0.5) is 4.39 Å². The molecule has 0 saturated carbocycles. The lowest BCUT2D eigenvalue weighted by molar-refractivity contribution is 0.00578. The lowest BCUT2D eigenvalue weighted by Crippen LogP contribution is -2.41. The predicted molar refractivity (Wildman–Crippen MR) is 143 cm³/mol. The van der Waals surface area contributed by atoms with Crippen molar-refractivity contribution < 1.29 is 18.4 Å². The van der Waals surface area contributed by atoms with Crippen LogP contribution in [0.3, 0.4) is 0 Å². The van der Waals surface area contributed by atoms with Crippen molar-refractivity contribution in [1.29, 1.82) is 0 Å².